The van der Waals surface area contributed by atoms with Gasteiger partial charge in [0.1, 0.15) is 0 Å². The Bertz CT molecular complexity index is 159. The van der Waals surface area contributed by atoms with E-state index in [0.29, 0.717) is 12.8 Å². The van der Waals surface area contributed by atoms with E-state index in [2.05, 4.69) is 5.43 Å². The lowest BCUT2D eigenvalue weighted by Crippen LogP contribution is -2.47. The van der Waals surface area contributed by atoms with Crippen molar-refractivity contribution in [3.05, 3.63) is 0 Å². The highest BCUT2D eigenvalue weighted by Crippen LogP contribution is 2.02. The van der Waals surface area contributed by atoms with Crippen LogP contribution in [0.4, 0.5) is 0 Å². The molecule has 1 atom stereocenters. The van der Waals surface area contributed by atoms with Crippen molar-refractivity contribution in [2.24, 2.45) is 0 Å². The summed E-state index contributed by atoms with van der Waals surface area (Å²) in [6, 6.07) is 0. The molecule has 1 amide bonds. The summed E-state index contributed by atoms with van der Waals surface area (Å²) in [7, 11) is 0. The number of aliphatic hydroxyl groups excluding tert-OH is 1. The molecule has 70 valence electrons. The first-order valence-corrected chi connectivity index (χ1v) is 4.41. The van der Waals surface area contributed by atoms with Gasteiger partial charge in [0.2, 0.25) is 5.91 Å². The highest BCUT2D eigenvalue weighted by Gasteiger charge is 2.15. The van der Waals surface area contributed by atoms with Gasteiger partial charge in [0.15, 0.2) is 0 Å². The molecule has 1 fully saturated rings. The molecule has 1 unspecified atom stereocenters. The maximum Gasteiger partial charge on any atom is 0.234 e. The lowest BCUT2D eigenvalue weighted by Gasteiger charge is -2.27. The molecular formula is C8H16N2O2. The second-order valence-corrected chi connectivity index (χ2v) is 3.26. The minimum atomic E-state index is -0.288. The minimum absolute atomic E-state index is 0.0897. The quantitative estimate of drug-likeness (QED) is 0.624. The molecule has 0 saturated carbocycles. The number of hydrogen-bond donors (Lipinski definition) is 2. The Morgan fingerprint density at radius 1 is 1.75 bits per heavy atom. The number of carbonyl (C=O) groups is 1. The first-order valence-electron chi connectivity index (χ1n) is 4.41. The molecule has 1 aliphatic rings. The topological polar surface area (TPSA) is 52.6 Å². The van der Waals surface area contributed by atoms with Gasteiger partial charge in [-0.1, -0.05) is 0 Å². The maximum atomic E-state index is 10.9. The van der Waals surface area contributed by atoms with Crippen LogP contribution in [0.5, 0.6) is 0 Å². The van der Waals surface area contributed by atoms with Crippen molar-refractivity contribution in [2.75, 3.05) is 13.1 Å². The van der Waals surface area contributed by atoms with Gasteiger partial charge >= 0.3 is 0 Å². The van der Waals surface area contributed by atoms with Gasteiger partial charge in [-0.05, 0) is 19.8 Å². The smallest absolute Gasteiger partial charge is 0.234 e. The van der Waals surface area contributed by atoms with Gasteiger partial charge in [0, 0.05) is 19.5 Å². The van der Waals surface area contributed by atoms with Crippen molar-refractivity contribution >= 4 is 5.91 Å². The Balaban J connectivity index is 2.18. The fourth-order valence-electron chi connectivity index (χ4n) is 1.23. The van der Waals surface area contributed by atoms with E-state index < -0.39 is 0 Å². The zero-order valence-corrected chi connectivity index (χ0v) is 7.42. The average molecular weight is 172 g/mol. The third-order valence-corrected chi connectivity index (χ3v) is 1.93. The fraction of sp³-hybridized carbons (Fsp3) is 0.875. The molecule has 4 heteroatoms. The van der Waals surface area contributed by atoms with Crippen LogP contribution >= 0.6 is 0 Å². The van der Waals surface area contributed by atoms with E-state index in [0.717, 1.165) is 19.5 Å². The number of hydrazine groups is 1. The molecule has 0 spiro atoms. The highest BCUT2D eigenvalue weighted by atomic mass is 16.3. The zero-order valence-electron chi connectivity index (χ0n) is 7.42. The summed E-state index contributed by atoms with van der Waals surface area (Å²) in [5.74, 6) is 0.0897. The highest BCUT2D eigenvalue weighted by molar-refractivity contribution is 5.75. The molecular weight excluding hydrogens is 156 g/mol. The second kappa shape index (κ2) is 4.42. The SMILES string of the molecule is CC(O)CCN1CCCC(=O)N1. The van der Waals surface area contributed by atoms with Crippen LogP contribution in [0.2, 0.25) is 0 Å². The van der Waals surface area contributed by atoms with E-state index >= 15 is 0 Å². The summed E-state index contributed by atoms with van der Waals surface area (Å²) in [6.45, 7) is 3.40. The van der Waals surface area contributed by atoms with Crippen molar-refractivity contribution in [1.82, 2.24) is 10.4 Å². The Kier molecular flexibility index (Phi) is 3.49. The van der Waals surface area contributed by atoms with Crippen LogP contribution in [0.15, 0.2) is 0 Å². The summed E-state index contributed by atoms with van der Waals surface area (Å²) in [5, 5.41) is 10.9. The first-order chi connectivity index (χ1) is 5.68. The molecule has 1 aliphatic heterocycles. The number of nitrogens with one attached hydrogen (secondary N) is 1. The first kappa shape index (κ1) is 9.48. The zero-order chi connectivity index (χ0) is 8.97. The number of hydrogen-bond acceptors (Lipinski definition) is 3. The maximum absolute atomic E-state index is 10.9. The van der Waals surface area contributed by atoms with Crippen LogP contribution in [0, 0.1) is 0 Å². The van der Waals surface area contributed by atoms with E-state index in [1.807, 2.05) is 5.01 Å². The summed E-state index contributed by atoms with van der Waals surface area (Å²) in [5.41, 5.74) is 2.76. The van der Waals surface area contributed by atoms with Crippen LogP contribution in [0.25, 0.3) is 0 Å². The van der Waals surface area contributed by atoms with Crippen LogP contribution in [-0.2, 0) is 4.79 Å². The molecule has 12 heavy (non-hydrogen) atoms. The normalized spacial score (nSPS) is 22.0. The number of aliphatic hydroxyl groups is 1. The van der Waals surface area contributed by atoms with Crippen molar-refractivity contribution < 1.29 is 9.90 Å². The molecule has 4 nitrogen and oxygen atoms in total. The molecule has 2 N–H and O–H groups in total. The van der Waals surface area contributed by atoms with E-state index in [4.69, 9.17) is 5.11 Å². The van der Waals surface area contributed by atoms with Gasteiger partial charge in [-0.3, -0.25) is 10.2 Å². The molecule has 0 aromatic carbocycles. The van der Waals surface area contributed by atoms with E-state index in [9.17, 15) is 4.79 Å². The standard InChI is InChI=1S/C8H16N2O2/c1-7(11)4-6-10-5-2-3-8(12)9-10/h7,11H,2-6H2,1H3,(H,9,12). The van der Waals surface area contributed by atoms with Crippen molar-refractivity contribution in [2.45, 2.75) is 32.3 Å². The van der Waals surface area contributed by atoms with Crippen molar-refractivity contribution in [1.29, 1.82) is 0 Å². The molecule has 1 rings (SSSR count). The average Bonchev–Trinajstić information content (AvgIpc) is 2.01. The monoisotopic (exact) mass is 172 g/mol. The predicted molar refractivity (Wildman–Crippen MR) is 45.2 cm³/mol. The van der Waals surface area contributed by atoms with Crippen LogP contribution < -0.4 is 5.43 Å². The lowest BCUT2D eigenvalue weighted by atomic mass is 10.2. The molecule has 1 heterocycles. The van der Waals surface area contributed by atoms with Gasteiger partial charge in [-0.2, -0.15) is 0 Å². The Hall–Kier alpha value is -0.610. The van der Waals surface area contributed by atoms with Crippen LogP contribution in [0.3, 0.4) is 0 Å². The van der Waals surface area contributed by atoms with E-state index in [1.165, 1.54) is 0 Å². The third-order valence-electron chi connectivity index (χ3n) is 1.93. The fourth-order valence-corrected chi connectivity index (χ4v) is 1.23. The number of carbonyl (C=O) groups excluding carboxylic acids is 1. The van der Waals surface area contributed by atoms with Gasteiger partial charge in [0.05, 0.1) is 6.10 Å². The van der Waals surface area contributed by atoms with Gasteiger partial charge in [0.25, 0.3) is 0 Å². The molecule has 0 bridgehead atoms. The molecule has 0 aliphatic carbocycles. The summed E-state index contributed by atoms with van der Waals surface area (Å²) >= 11 is 0. The number of amides is 1. The number of nitrogens with zero attached hydrogens (tertiary/aromatic N) is 1. The molecule has 0 aromatic rings. The largest absolute Gasteiger partial charge is 0.393 e. The van der Waals surface area contributed by atoms with E-state index in [1.54, 1.807) is 6.92 Å². The van der Waals surface area contributed by atoms with E-state index in [-0.39, 0.29) is 12.0 Å². The Morgan fingerprint density at radius 2 is 2.50 bits per heavy atom. The lowest BCUT2D eigenvalue weighted by molar-refractivity contribution is -0.128. The van der Waals surface area contributed by atoms with Gasteiger partial charge < -0.3 is 5.11 Å². The number of rotatable bonds is 3. The Labute approximate surface area is 72.5 Å². The second-order valence-electron chi connectivity index (χ2n) is 3.26. The van der Waals surface area contributed by atoms with Gasteiger partial charge in [-0.25, -0.2) is 5.01 Å². The van der Waals surface area contributed by atoms with Gasteiger partial charge in [-0.15, -0.1) is 0 Å². The molecule has 0 aromatic heterocycles. The third kappa shape index (κ3) is 3.19. The van der Waals surface area contributed by atoms with Crippen molar-refractivity contribution in [3.63, 3.8) is 0 Å². The van der Waals surface area contributed by atoms with Crippen molar-refractivity contribution in [3.8, 4) is 0 Å². The predicted octanol–water partition coefficient (Wildman–Crippen LogP) is -0.116. The Morgan fingerprint density at radius 3 is 3.08 bits per heavy atom. The summed E-state index contributed by atoms with van der Waals surface area (Å²) in [6.07, 6.45) is 1.97. The van der Waals surface area contributed by atoms with Crippen LogP contribution in [0.1, 0.15) is 26.2 Å². The van der Waals surface area contributed by atoms with Crippen LogP contribution in [-0.4, -0.2) is 35.2 Å². The molecule has 1 saturated heterocycles. The molecule has 0 radical (unpaired) electrons. The minimum Gasteiger partial charge on any atom is -0.393 e. The summed E-state index contributed by atoms with van der Waals surface area (Å²) < 4.78 is 0. The summed E-state index contributed by atoms with van der Waals surface area (Å²) in [4.78, 5) is 10.9.